The normalized spacial score (nSPS) is 23.2. The number of ketones is 1. The van der Waals surface area contributed by atoms with Crippen LogP contribution in [0.25, 0.3) is 0 Å². The molecule has 0 unspecified atom stereocenters. The molecule has 1 heterocycles. The first-order valence-corrected chi connectivity index (χ1v) is 6.12. The monoisotopic (exact) mass is 232 g/mol. The van der Waals surface area contributed by atoms with Gasteiger partial charge in [-0.25, -0.2) is 0 Å². The minimum atomic E-state index is -0.291. The molecule has 1 aliphatic heterocycles. The topological polar surface area (TPSA) is 35.5 Å². The Labute approximate surface area is 101 Å². The molecule has 1 fully saturated rings. The van der Waals surface area contributed by atoms with Gasteiger partial charge < -0.3 is 9.47 Å². The summed E-state index contributed by atoms with van der Waals surface area (Å²) in [6.07, 6.45) is 2.81. The quantitative estimate of drug-likeness (QED) is 0.689. The number of rotatable bonds is 0. The number of hydrogen-bond acceptors (Lipinski definition) is 3. The maximum atomic E-state index is 11.4. The first-order chi connectivity index (χ1) is 8.30. The van der Waals surface area contributed by atoms with Crippen LogP contribution in [0.15, 0.2) is 24.3 Å². The molecule has 0 N–H and O–H groups in total. The van der Waals surface area contributed by atoms with Crippen molar-refractivity contribution < 1.29 is 14.3 Å². The fraction of sp³-hybridized carbons (Fsp3) is 0.500. The predicted molar refractivity (Wildman–Crippen MR) is 62.3 cm³/mol. The molecule has 17 heavy (non-hydrogen) atoms. The van der Waals surface area contributed by atoms with Gasteiger partial charge in [0.2, 0.25) is 0 Å². The van der Waals surface area contributed by atoms with Gasteiger partial charge >= 0.3 is 0 Å². The smallest absolute Gasteiger partial charge is 0.148 e. The third kappa shape index (κ3) is 1.90. The lowest BCUT2D eigenvalue weighted by molar-refractivity contribution is -0.160. The second-order valence-corrected chi connectivity index (χ2v) is 4.80. The van der Waals surface area contributed by atoms with E-state index in [1.807, 2.05) is 12.1 Å². The number of benzene rings is 1. The molecular formula is C14H16O3. The van der Waals surface area contributed by atoms with Crippen LogP contribution in [-0.2, 0) is 26.5 Å². The van der Waals surface area contributed by atoms with E-state index in [1.54, 1.807) is 0 Å². The molecular weight excluding hydrogens is 216 g/mol. The average molecular weight is 232 g/mol. The van der Waals surface area contributed by atoms with E-state index in [9.17, 15) is 4.79 Å². The molecule has 3 nitrogen and oxygen atoms in total. The van der Waals surface area contributed by atoms with Crippen LogP contribution in [0.2, 0.25) is 0 Å². The van der Waals surface area contributed by atoms with Crippen LogP contribution in [0, 0.1) is 0 Å². The zero-order valence-corrected chi connectivity index (χ0v) is 9.78. The minimum absolute atomic E-state index is 0.291. The maximum absolute atomic E-state index is 11.4. The van der Waals surface area contributed by atoms with Crippen molar-refractivity contribution in [1.82, 2.24) is 0 Å². The number of hydrogen-bond donors (Lipinski definition) is 0. The lowest BCUT2D eigenvalue weighted by Gasteiger charge is -2.36. The van der Waals surface area contributed by atoms with E-state index >= 15 is 0 Å². The first kappa shape index (κ1) is 10.9. The van der Waals surface area contributed by atoms with Crippen molar-refractivity contribution in [1.29, 1.82) is 0 Å². The van der Waals surface area contributed by atoms with E-state index in [0.717, 1.165) is 12.8 Å². The van der Waals surface area contributed by atoms with Crippen LogP contribution < -0.4 is 0 Å². The van der Waals surface area contributed by atoms with Gasteiger partial charge in [-0.1, -0.05) is 24.3 Å². The number of fused-ring (bicyclic) bond motifs is 2. The summed E-state index contributed by atoms with van der Waals surface area (Å²) in [7, 11) is 0. The molecule has 0 radical (unpaired) electrons. The van der Waals surface area contributed by atoms with E-state index in [4.69, 9.17) is 9.47 Å². The lowest BCUT2D eigenvalue weighted by Crippen LogP contribution is -2.35. The number of carbonyl (C=O) groups excluding carboxylic acids is 1. The maximum Gasteiger partial charge on any atom is 0.148 e. The molecule has 2 aliphatic rings. The van der Waals surface area contributed by atoms with Crippen molar-refractivity contribution in [3.8, 4) is 0 Å². The Morgan fingerprint density at radius 2 is 1.88 bits per heavy atom. The number of Topliss-reactive ketones (excluding diaryl/α,β-unsaturated/α-hetero) is 1. The summed E-state index contributed by atoms with van der Waals surface area (Å²) in [6, 6.07) is 8.25. The van der Waals surface area contributed by atoms with Crippen LogP contribution in [0.5, 0.6) is 0 Å². The van der Waals surface area contributed by atoms with Gasteiger partial charge in [-0.3, -0.25) is 4.79 Å². The zero-order valence-electron chi connectivity index (χ0n) is 9.78. The molecule has 0 bridgehead atoms. The van der Waals surface area contributed by atoms with Crippen molar-refractivity contribution in [2.45, 2.75) is 37.9 Å². The number of ether oxygens (including phenoxy) is 2. The van der Waals surface area contributed by atoms with Gasteiger partial charge in [0.1, 0.15) is 12.6 Å². The van der Waals surface area contributed by atoms with Gasteiger partial charge in [-0.2, -0.15) is 0 Å². The molecule has 90 valence electrons. The number of carbonyl (C=O) groups is 1. The Morgan fingerprint density at radius 1 is 1.12 bits per heavy atom. The third-order valence-electron chi connectivity index (χ3n) is 3.80. The van der Waals surface area contributed by atoms with Crippen molar-refractivity contribution in [2.75, 3.05) is 6.79 Å². The first-order valence-electron chi connectivity index (χ1n) is 6.12. The Kier molecular flexibility index (Phi) is 2.73. The largest absolute Gasteiger partial charge is 0.351 e. The summed E-state index contributed by atoms with van der Waals surface area (Å²) >= 11 is 0. The summed E-state index contributed by atoms with van der Waals surface area (Å²) in [5.74, 6) is 0.349. The van der Waals surface area contributed by atoms with Crippen LogP contribution in [-0.4, -0.2) is 12.6 Å². The van der Waals surface area contributed by atoms with E-state index in [0.29, 0.717) is 32.0 Å². The van der Waals surface area contributed by atoms with Gasteiger partial charge in [0.05, 0.1) is 12.2 Å². The highest BCUT2D eigenvalue weighted by Crippen LogP contribution is 2.42. The van der Waals surface area contributed by atoms with Crippen LogP contribution >= 0.6 is 0 Å². The van der Waals surface area contributed by atoms with E-state index in [-0.39, 0.29) is 5.60 Å². The summed E-state index contributed by atoms with van der Waals surface area (Å²) < 4.78 is 11.4. The molecule has 1 saturated carbocycles. The van der Waals surface area contributed by atoms with E-state index in [1.165, 1.54) is 11.1 Å². The van der Waals surface area contributed by atoms with Crippen LogP contribution in [0.3, 0.4) is 0 Å². The Morgan fingerprint density at radius 3 is 2.71 bits per heavy atom. The molecule has 1 spiro atoms. The van der Waals surface area contributed by atoms with Gasteiger partial charge in [0.25, 0.3) is 0 Å². The van der Waals surface area contributed by atoms with Gasteiger partial charge in [-0.05, 0) is 24.0 Å². The summed E-state index contributed by atoms with van der Waals surface area (Å²) in [6.45, 7) is 0.925. The van der Waals surface area contributed by atoms with E-state index in [2.05, 4.69) is 12.1 Å². The highest BCUT2D eigenvalue weighted by atomic mass is 16.7. The Hall–Kier alpha value is -1.19. The molecule has 3 rings (SSSR count). The van der Waals surface area contributed by atoms with Gasteiger partial charge in [0.15, 0.2) is 0 Å². The van der Waals surface area contributed by atoms with Crippen molar-refractivity contribution in [3.63, 3.8) is 0 Å². The predicted octanol–water partition coefficient (Wildman–Crippen LogP) is 2.53. The second-order valence-electron chi connectivity index (χ2n) is 4.80. The zero-order chi connectivity index (χ0) is 11.7. The summed E-state index contributed by atoms with van der Waals surface area (Å²) in [4.78, 5) is 11.4. The minimum Gasteiger partial charge on any atom is -0.351 e. The van der Waals surface area contributed by atoms with Crippen molar-refractivity contribution >= 4 is 5.78 Å². The van der Waals surface area contributed by atoms with Crippen LogP contribution in [0.4, 0.5) is 0 Å². The van der Waals surface area contributed by atoms with Crippen molar-refractivity contribution in [3.05, 3.63) is 35.4 Å². The standard InChI is InChI=1S/C14H16O3/c15-12-5-7-14(8-6-12)13-4-2-1-3-11(13)9-16-10-17-14/h1-4H,5-10H2. The molecule has 0 amide bonds. The molecule has 1 aromatic rings. The Balaban J connectivity index is 2.01. The third-order valence-corrected chi connectivity index (χ3v) is 3.80. The van der Waals surface area contributed by atoms with Gasteiger partial charge in [0, 0.05) is 12.8 Å². The fourth-order valence-electron chi connectivity index (χ4n) is 2.82. The summed E-state index contributed by atoms with van der Waals surface area (Å²) in [5.41, 5.74) is 2.12. The molecule has 1 aromatic carbocycles. The highest BCUT2D eigenvalue weighted by molar-refractivity contribution is 5.79. The van der Waals surface area contributed by atoms with Crippen molar-refractivity contribution in [2.24, 2.45) is 0 Å². The molecule has 3 heteroatoms. The molecule has 0 saturated heterocycles. The SMILES string of the molecule is O=C1CCC2(CC1)OCOCc1ccccc12. The molecule has 0 atom stereocenters. The van der Waals surface area contributed by atoms with E-state index < -0.39 is 0 Å². The highest BCUT2D eigenvalue weighted by Gasteiger charge is 2.39. The Bertz CT molecular complexity index is 429. The van der Waals surface area contributed by atoms with Crippen LogP contribution in [0.1, 0.15) is 36.8 Å². The molecule has 0 aromatic heterocycles. The second kappa shape index (κ2) is 4.24. The molecule has 1 aliphatic carbocycles. The fourth-order valence-corrected chi connectivity index (χ4v) is 2.82. The average Bonchev–Trinajstić information content (AvgIpc) is 2.54. The van der Waals surface area contributed by atoms with Gasteiger partial charge in [-0.15, -0.1) is 0 Å². The lowest BCUT2D eigenvalue weighted by atomic mass is 9.77. The summed E-state index contributed by atoms with van der Waals surface area (Å²) in [5, 5.41) is 0.